The molecule has 0 spiro atoms. The predicted octanol–water partition coefficient (Wildman–Crippen LogP) is 0.828. The third kappa shape index (κ3) is 3.48. The molecular formula is C12H19NO3. The van der Waals surface area contributed by atoms with E-state index in [9.17, 15) is 5.11 Å². The molecule has 1 aromatic rings. The normalized spacial score (nSPS) is 14.5. The quantitative estimate of drug-likeness (QED) is 0.670. The van der Waals surface area contributed by atoms with Crippen molar-refractivity contribution >= 4 is 0 Å². The zero-order valence-electron chi connectivity index (χ0n) is 9.47. The van der Waals surface area contributed by atoms with Gasteiger partial charge in [0.25, 0.3) is 0 Å². The molecule has 2 atom stereocenters. The van der Waals surface area contributed by atoms with Gasteiger partial charge in [-0.3, -0.25) is 0 Å². The van der Waals surface area contributed by atoms with Gasteiger partial charge in [0.15, 0.2) is 0 Å². The van der Waals surface area contributed by atoms with E-state index in [1.165, 1.54) is 0 Å². The van der Waals surface area contributed by atoms with Gasteiger partial charge in [-0.25, -0.2) is 0 Å². The smallest absolute Gasteiger partial charge is 0.124 e. The Kier molecular flexibility index (Phi) is 5.25. The minimum atomic E-state index is -0.856. The number of aliphatic hydroxyl groups is 2. The highest BCUT2D eigenvalue weighted by molar-refractivity contribution is 5.35. The summed E-state index contributed by atoms with van der Waals surface area (Å²) in [4.78, 5) is 0. The molecule has 0 aliphatic rings. The SMILES string of the molecule is CCC(N)c1ccccc1OCC(O)CO. The summed E-state index contributed by atoms with van der Waals surface area (Å²) in [6.07, 6.45) is -0.0333. The van der Waals surface area contributed by atoms with Crippen molar-refractivity contribution in [3.63, 3.8) is 0 Å². The average molecular weight is 225 g/mol. The van der Waals surface area contributed by atoms with Gasteiger partial charge in [0.1, 0.15) is 18.5 Å². The lowest BCUT2D eigenvalue weighted by Crippen LogP contribution is -2.22. The van der Waals surface area contributed by atoms with E-state index in [0.29, 0.717) is 5.75 Å². The van der Waals surface area contributed by atoms with Crippen molar-refractivity contribution in [1.82, 2.24) is 0 Å². The van der Waals surface area contributed by atoms with E-state index in [1.807, 2.05) is 31.2 Å². The summed E-state index contributed by atoms with van der Waals surface area (Å²) < 4.78 is 5.42. The Hall–Kier alpha value is -1.10. The summed E-state index contributed by atoms with van der Waals surface area (Å²) >= 11 is 0. The van der Waals surface area contributed by atoms with Crippen LogP contribution in [-0.4, -0.2) is 29.5 Å². The maximum absolute atomic E-state index is 9.20. The van der Waals surface area contributed by atoms with Gasteiger partial charge in [-0.2, -0.15) is 0 Å². The standard InChI is InChI=1S/C12H19NO3/c1-2-11(13)10-5-3-4-6-12(10)16-8-9(15)7-14/h3-6,9,11,14-15H,2,7-8,13H2,1H3. The second-order valence-corrected chi connectivity index (χ2v) is 3.70. The number of benzene rings is 1. The molecule has 0 amide bonds. The van der Waals surface area contributed by atoms with E-state index < -0.39 is 6.10 Å². The first-order valence-electron chi connectivity index (χ1n) is 5.45. The van der Waals surface area contributed by atoms with Gasteiger partial charge in [-0.1, -0.05) is 25.1 Å². The van der Waals surface area contributed by atoms with Crippen LogP contribution in [0, 0.1) is 0 Å². The van der Waals surface area contributed by atoms with Gasteiger partial charge in [-0.15, -0.1) is 0 Å². The Bertz CT molecular complexity index is 317. The van der Waals surface area contributed by atoms with Gasteiger partial charge >= 0.3 is 0 Å². The Morgan fingerprint density at radius 3 is 2.69 bits per heavy atom. The lowest BCUT2D eigenvalue weighted by Gasteiger charge is -2.16. The topological polar surface area (TPSA) is 75.7 Å². The van der Waals surface area contributed by atoms with E-state index in [1.54, 1.807) is 0 Å². The third-order valence-electron chi connectivity index (χ3n) is 2.40. The van der Waals surface area contributed by atoms with Crippen LogP contribution in [0.2, 0.25) is 0 Å². The summed E-state index contributed by atoms with van der Waals surface area (Å²) in [5.41, 5.74) is 6.87. The van der Waals surface area contributed by atoms with Crippen LogP contribution in [0.3, 0.4) is 0 Å². The second kappa shape index (κ2) is 6.48. The molecule has 0 radical (unpaired) electrons. The number of nitrogens with two attached hydrogens (primary N) is 1. The first-order valence-corrected chi connectivity index (χ1v) is 5.45. The number of para-hydroxylation sites is 1. The van der Waals surface area contributed by atoms with E-state index >= 15 is 0 Å². The van der Waals surface area contributed by atoms with Crippen molar-refractivity contribution in [2.75, 3.05) is 13.2 Å². The molecule has 1 rings (SSSR count). The fourth-order valence-electron chi connectivity index (χ4n) is 1.38. The third-order valence-corrected chi connectivity index (χ3v) is 2.40. The number of hydrogen-bond donors (Lipinski definition) is 3. The molecule has 4 heteroatoms. The largest absolute Gasteiger partial charge is 0.490 e. The molecule has 0 heterocycles. The molecule has 4 N–H and O–H groups in total. The zero-order chi connectivity index (χ0) is 12.0. The van der Waals surface area contributed by atoms with Crippen LogP contribution in [0.25, 0.3) is 0 Å². The van der Waals surface area contributed by atoms with Crippen LogP contribution < -0.4 is 10.5 Å². The molecule has 2 unspecified atom stereocenters. The fourth-order valence-corrected chi connectivity index (χ4v) is 1.38. The minimum absolute atomic E-state index is 0.0672. The molecule has 4 nitrogen and oxygen atoms in total. The Morgan fingerprint density at radius 1 is 1.38 bits per heavy atom. The van der Waals surface area contributed by atoms with Gasteiger partial charge < -0.3 is 20.7 Å². The number of hydrogen-bond acceptors (Lipinski definition) is 4. The second-order valence-electron chi connectivity index (χ2n) is 3.70. The summed E-state index contributed by atoms with van der Waals surface area (Å²) in [6.45, 7) is 1.77. The molecule has 0 aliphatic carbocycles. The van der Waals surface area contributed by atoms with Crippen molar-refractivity contribution in [3.8, 4) is 5.75 Å². The molecule has 90 valence electrons. The van der Waals surface area contributed by atoms with Crippen molar-refractivity contribution in [3.05, 3.63) is 29.8 Å². The van der Waals surface area contributed by atoms with Gasteiger partial charge in [0, 0.05) is 11.6 Å². The first kappa shape index (κ1) is 13.0. The van der Waals surface area contributed by atoms with Crippen molar-refractivity contribution < 1.29 is 14.9 Å². The van der Waals surface area contributed by atoms with Gasteiger partial charge in [-0.05, 0) is 12.5 Å². The fraction of sp³-hybridized carbons (Fsp3) is 0.500. The van der Waals surface area contributed by atoms with E-state index in [4.69, 9.17) is 15.6 Å². The molecule has 16 heavy (non-hydrogen) atoms. The molecule has 1 aromatic carbocycles. The van der Waals surface area contributed by atoms with Crippen LogP contribution in [0.4, 0.5) is 0 Å². The summed E-state index contributed by atoms with van der Waals surface area (Å²) in [5, 5.41) is 17.9. The van der Waals surface area contributed by atoms with Crippen molar-refractivity contribution in [2.24, 2.45) is 5.73 Å². The van der Waals surface area contributed by atoms with E-state index in [0.717, 1.165) is 12.0 Å². The Labute approximate surface area is 95.7 Å². The molecule has 0 bridgehead atoms. The highest BCUT2D eigenvalue weighted by atomic mass is 16.5. The summed E-state index contributed by atoms with van der Waals surface area (Å²) in [6, 6.07) is 7.42. The number of aliphatic hydroxyl groups excluding tert-OH is 2. The molecule has 0 saturated carbocycles. The Morgan fingerprint density at radius 2 is 2.06 bits per heavy atom. The molecule has 0 aliphatic heterocycles. The molecule has 0 fully saturated rings. The van der Waals surface area contributed by atoms with Gasteiger partial charge in [0.05, 0.1) is 6.61 Å². The van der Waals surface area contributed by atoms with Crippen molar-refractivity contribution in [2.45, 2.75) is 25.5 Å². The van der Waals surface area contributed by atoms with Crippen LogP contribution in [0.5, 0.6) is 5.75 Å². The predicted molar refractivity (Wildman–Crippen MR) is 62.2 cm³/mol. The summed E-state index contributed by atoms with van der Waals surface area (Å²) in [7, 11) is 0. The highest BCUT2D eigenvalue weighted by Gasteiger charge is 2.11. The maximum atomic E-state index is 9.20. The minimum Gasteiger partial charge on any atom is -0.490 e. The van der Waals surface area contributed by atoms with Crippen LogP contribution in [0.1, 0.15) is 24.9 Å². The van der Waals surface area contributed by atoms with Crippen LogP contribution >= 0.6 is 0 Å². The lowest BCUT2D eigenvalue weighted by molar-refractivity contribution is 0.0532. The lowest BCUT2D eigenvalue weighted by atomic mass is 10.0. The van der Waals surface area contributed by atoms with Crippen LogP contribution in [0.15, 0.2) is 24.3 Å². The van der Waals surface area contributed by atoms with E-state index in [-0.39, 0.29) is 19.3 Å². The average Bonchev–Trinajstić information content (AvgIpc) is 2.35. The first-order chi connectivity index (χ1) is 7.69. The Balaban J connectivity index is 2.71. The summed E-state index contributed by atoms with van der Waals surface area (Å²) in [5.74, 6) is 0.671. The molecular weight excluding hydrogens is 206 g/mol. The maximum Gasteiger partial charge on any atom is 0.124 e. The molecule has 0 saturated heterocycles. The molecule has 0 aromatic heterocycles. The van der Waals surface area contributed by atoms with Gasteiger partial charge in [0.2, 0.25) is 0 Å². The monoisotopic (exact) mass is 225 g/mol. The zero-order valence-corrected chi connectivity index (χ0v) is 9.47. The highest BCUT2D eigenvalue weighted by Crippen LogP contribution is 2.25. The number of ether oxygens (including phenoxy) is 1. The van der Waals surface area contributed by atoms with Crippen LogP contribution in [-0.2, 0) is 0 Å². The van der Waals surface area contributed by atoms with E-state index in [2.05, 4.69) is 0 Å². The van der Waals surface area contributed by atoms with Crippen molar-refractivity contribution in [1.29, 1.82) is 0 Å². The number of rotatable bonds is 6.